The van der Waals surface area contributed by atoms with E-state index in [0.717, 1.165) is 22.4 Å². The SMILES string of the molecule is CCOC(=O)c1c(-c2ccc(OCC)cc2)csc1NC(=O)c1ccccc1C. The Balaban J connectivity index is 1.96. The van der Waals surface area contributed by atoms with E-state index in [1.807, 2.05) is 61.7 Å². The number of esters is 1. The van der Waals surface area contributed by atoms with Gasteiger partial charge in [-0.2, -0.15) is 0 Å². The summed E-state index contributed by atoms with van der Waals surface area (Å²) in [6.45, 7) is 6.39. The van der Waals surface area contributed by atoms with E-state index >= 15 is 0 Å². The lowest BCUT2D eigenvalue weighted by Gasteiger charge is -2.10. The summed E-state index contributed by atoms with van der Waals surface area (Å²) in [6.07, 6.45) is 0. The second kappa shape index (κ2) is 9.39. The number of nitrogens with one attached hydrogen (secondary N) is 1. The van der Waals surface area contributed by atoms with E-state index in [2.05, 4.69) is 5.32 Å². The fourth-order valence-electron chi connectivity index (χ4n) is 2.96. The van der Waals surface area contributed by atoms with Gasteiger partial charge in [0.15, 0.2) is 0 Å². The van der Waals surface area contributed by atoms with Crippen molar-refractivity contribution in [2.75, 3.05) is 18.5 Å². The maximum Gasteiger partial charge on any atom is 0.341 e. The summed E-state index contributed by atoms with van der Waals surface area (Å²) >= 11 is 1.30. The first-order valence-corrected chi connectivity index (χ1v) is 10.3. The highest BCUT2D eigenvalue weighted by molar-refractivity contribution is 7.15. The molecule has 5 nitrogen and oxygen atoms in total. The number of benzene rings is 2. The van der Waals surface area contributed by atoms with Gasteiger partial charge in [0, 0.05) is 16.5 Å². The highest BCUT2D eigenvalue weighted by Gasteiger charge is 2.23. The number of rotatable bonds is 7. The van der Waals surface area contributed by atoms with E-state index in [-0.39, 0.29) is 12.5 Å². The molecule has 0 aliphatic rings. The van der Waals surface area contributed by atoms with Crippen LogP contribution in [0.5, 0.6) is 5.75 Å². The Bertz CT molecular complexity index is 1010. The number of carbonyl (C=O) groups excluding carboxylic acids is 2. The van der Waals surface area contributed by atoms with E-state index in [1.54, 1.807) is 13.0 Å². The zero-order valence-electron chi connectivity index (χ0n) is 16.7. The molecule has 1 heterocycles. The molecule has 6 heteroatoms. The number of anilines is 1. The summed E-state index contributed by atoms with van der Waals surface area (Å²) in [6, 6.07) is 14.8. The number of carbonyl (C=O) groups is 2. The van der Waals surface area contributed by atoms with E-state index in [4.69, 9.17) is 9.47 Å². The first kappa shape index (κ1) is 20.6. The van der Waals surface area contributed by atoms with E-state index < -0.39 is 5.97 Å². The summed E-state index contributed by atoms with van der Waals surface area (Å²) in [4.78, 5) is 25.4. The number of thiophene rings is 1. The lowest BCUT2D eigenvalue weighted by Crippen LogP contribution is -2.15. The molecule has 0 atom stereocenters. The fourth-order valence-corrected chi connectivity index (χ4v) is 3.92. The minimum absolute atomic E-state index is 0.253. The van der Waals surface area contributed by atoms with Crippen LogP contribution in [-0.4, -0.2) is 25.1 Å². The number of hydrogen-bond donors (Lipinski definition) is 1. The molecule has 0 fully saturated rings. The van der Waals surface area contributed by atoms with Crippen LogP contribution in [0.4, 0.5) is 5.00 Å². The van der Waals surface area contributed by atoms with Crippen LogP contribution in [0.25, 0.3) is 11.1 Å². The predicted octanol–water partition coefficient (Wildman–Crippen LogP) is 5.55. The van der Waals surface area contributed by atoms with Crippen LogP contribution in [-0.2, 0) is 4.74 Å². The van der Waals surface area contributed by atoms with Gasteiger partial charge in [0.05, 0.1) is 13.2 Å². The van der Waals surface area contributed by atoms with Crippen molar-refractivity contribution in [3.05, 3.63) is 70.6 Å². The number of amides is 1. The average Bonchev–Trinajstić information content (AvgIpc) is 3.13. The van der Waals surface area contributed by atoms with Crippen molar-refractivity contribution in [3.8, 4) is 16.9 Å². The molecule has 29 heavy (non-hydrogen) atoms. The van der Waals surface area contributed by atoms with Crippen molar-refractivity contribution >= 4 is 28.2 Å². The average molecular weight is 410 g/mol. The van der Waals surface area contributed by atoms with Crippen LogP contribution in [0.1, 0.15) is 40.1 Å². The van der Waals surface area contributed by atoms with Gasteiger partial charge >= 0.3 is 5.97 Å². The molecule has 0 saturated heterocycles. The summed E-state index contributed by atoms with van der Waals surface area (Å²) in [5, 5.41) is 5.21. The van der Waals surface area contributed by atoms with Crippen LogP contribution in [0.15, 0.2) is 53.9 Å². The number of ether oxygens (including phenoxy) is 2. The maximum absolute atomic E-state index is 12.8. The van der Waals surface area contributed by atoms with Gasteiger partial charge in [0.2, 0.25) is 0 Å². The summed E-state index contributed by atoms with van der Waals surface area (Å²) in [7, 11) is 0. The Morgan fingerprint density at radius 1 is 1.00 bits per heavy atom. The second-order valence-corrected chi connectivity index (χ2v) is 7.18. The smallest absolute Gasteiger partial charge is 0.341 e. The van der Waals surface area contributed by atoms with Crippen molar-refractivity contribution in [3.63, 3.8) is 0 Å². The lowest BCUT2D eigenvalue weighted by atomic mass is 10.0. The Morgan fingerprint density at radius 3 is 2.38 bits per heavy atom. The van der Waals surface area contributed by atoms with Crippen LogP contribution >= 0.6 is 11.3 Å². The van der Waals surface area contributed by atoms with Gasteiger partial charge in [-0.15, -0.1) is 11.3 Å². The molecule has 2 aromatic carbocycles. The Morgan fingerprint density at radius 2 is 1.72 bits per heavy atom. The van der Waals surface area contributed by atoms with Gasteiger partial charge in [-0.25, -0.2) is 4.79 Å². The van der Waals surface area contributed by atoms with Gasteiger partial charge in [-0.3, -0.25) is 4.79 Å². The topological polar surface area (TPSA) is 64.6 Å². The fraction of sp³-hybridized carbons (Fsp3) is 0.217. The van der Waals surface area contributed by atoms with Gasteiger partial charge < -0.3 is 14.8 Å². The minimum atomic E-state index is -0.460. The molecule has 3 aromatic rings. The highest BCUT2D eigenvalue weighted by atomic mass is 32.1. The lowest BCUT2D eigenvalue weighted by molar-refractivity contribution is 0.0529. The molecule has 0 spiro atoms. The molecule has 3 rings (SSSR count). The van der Waals surface area contributed by atoms with Crippen LogP contribution in [0.3, 0.4) is 0 Å². The molecule has 0 aliphatic heterocycles. The van der Waals surface area contributed by atoms with Crippen molar-refractivity contribution in [1.82, 2.24) is 0 Å². The third kappa shape index (κ3) is 4.66. The van der Waals surface area contributed by atoms with Crippen LogP contribution in [0, 0.1) is 6.92 Å². The molecule has 1 N–H and O–H groups in total. The largest absolute Gasteiger partial charge is 0.494 e. The highest BCUT2D eigenvalue weighted by Crippen LogP contribution is 2.37. The molecular formula is C23H23NO4S. The first-order chi connectivity index (χ1) is 14.0. The van der Waals surface area contributed by atoms with Crippen LogP contribution in [0.2, 0.25) is 0 Å². The minimum Gasteiger partial charge on any atom is -0.494 e. The molecular weight excluding hydrogens is 386 g/mol. The van der Waals surface area contributed by atoms with Gasteiger partial charge in [0.25, 0.3) is 5.91 Å². The molecule has 1 amide bonds. The predicted molar refractivity (Wildman–Crippen MR) is 116 cm³/mol. The standard InChI is InChI=1S/C23H23NO4S/c1-4-27-17-12-10-16(11-13-17)19-14-29-22(20(19)23(26)28-5-2)24-21(25)18-9-7-6-8-15(18)3/h6-14H,4-5H2,1-3H3,(H,24,25). The third-order valence-electron chi connectivity index (χ3n) is 4.36. The van der Waals surface area contributed by atoms with Crippen molar-refractivity contribution in [2.45, 2.75) is 20.8 Å². The summed E-state index contributed by atoms with van der Waals surface area (Å²) in [5.74, 6) is 0.0451. The molecule has 150 valence electrons. The Labute approximate surface area is 174 Å². The van der Waals surface area contributed by atoms with Gasteiger partial charge in [-0.05, 0) is 50.1 Å². The normalized spacial score (nSPS) is 10.4. The molecule has 0 bridgehead atoms. The van der Waals surface area contributed by atoms with E-state index in [0.29, 0.717) is 22.7 Å². The van der Waals surface area contributed by atoms with Crippen molar-refractivity contribution in [1.29, 1.82) is 0 Å². The second-order valence-electron chi connectivity index (χ2n) is 6.30. The molecule has 0 saturated carbocycles. The quantitative estimate of drug-likeness (QED) is 0.520. The maximum atomic E-state index is 12.8. The van der Waals surface area contributed by atoms with E-state index in [1.165, 1.54) is 11.3 Å². The van der Waals surface area contributed by atoms with Crippen molar-refractivity contribution in [2.24, 2.45) is 0 Å². The number of aryl methyl sites for hydroxylation is 1. The van der Waals surface area contributed by atoms with E-state index in [9.17, 15) is 9.59 Å². The molecule has 0 aliphatic carbocycles. The summed E-state index contributed by atoms with van der Waals surface area (Å²) in [5.41, 5.74) is 3.37. The molecule has 0 unspecified atom stereocenters. The zero-order valence-corrected chi connectivity index (χ0v) is 17.5. The monoisotopic (exact) mass is 409 g/mol. The van der Waals surface area contributed by atoms with Crippen LogP contribution < -0.4 is 10.1 Å². The summed E-state index contributed by atoms with van der Waals surface area (Å²) < 4.78 is 10.7. The Hall–Kier alpha value is -3.12. The van der Waals surface area contributed by atoms with Crippen molar-refractivity contribution < 1.29 is 19.1 Å². The van der Waals surface area contributed by atoms with Gasteiger partial charge in [0.1, 0.15) is 16.3 Å². The van der Waals surface area contributed by atoms with Gasteiger partial charge in [-0.1, -0.05) is 30.3 Å². The Kier molecular flexibility index (Phi) is 6.67. The zero-order chi connectivity index (χ0) is 20.8. The first-order valence-electron chi connectivity index (χ1n) is 9.44. The molecule has 0 radical (unpaired) electrons. The molecule has 1 aromatic heterocycles. The number of hydrogen-bond acceptors (Lipinski definition) is 5. The third-order valence-corrected chi connectivity index (χ3v) is 5.26.